The zero-order chi connectivity index (χ0) is 10.1. The number of ether oxygens (including phenoxy) is 3. The predicted molar refractivity (Wildman–Crippen MR) is 51.8 cm³/mol. The molecule has 0 amide bonds. The van der Waals surface area contributed by atoms with Crippen molar-refractivity contribution < 1.29 is 14.2 Å². The van der Waals surface area contributed by atoms with Crippen LogP contribution in [0.3, 0.4) is 0 Å². The lowest BCUT2D eigenvalue weighted by Gasteiger charge is -2.14. The highest BCUT2D eigenvalue weighted by Crippen LogP contribution is 1.91. The van der Waals surface area contributed by atoms with E-state index in [1.807, 2.05) is 0 Å². The Morgan fingerprint density at radius 1 is 1.15 bits per heavy atom. The molecule has 0 aromatic heterocycles. The van der Waals surface area contributed by atoms with Gasteiger partial charge in [-0.25, -0.2) is 0 Å². The van der Waals surface area contributed by atoms with Crippen molar-refractivity contribution in [1.29, 1.82) is 0 Å². The van der Waals surface area contributed by atoms with Gasteiger partial charge < -0.3 is 19.5 Å². The summed E-state index contributed by atoms with van der Waals surface area (Å²) in [7, 11) is 3.20. The molecule has 0 aromatic carbocycles. The molecule has 0 rings (SSSR count). The van der Waals surface area contributed by atoms with Gasteiger partial charge in [0.2, 0.25) is 0 Å². The SMILES string of the molecule is COC(COCCNC(C)C)OC. The maximum Gasteiger partial charge on any atom is 0.180 e. The monoisotopic (exact) mass is 191 g/mol. The van der Waals surface area contributed by atoms with Crippen LogP contribution >= 0.6 is 0 Å². The number of hydrogen-bond acceptors (Lipinski definition) is 4. The molecule has 13 heavy (non-hydrogen) atoms. The van der Waals surface area contributed by atoms with E-state index in [1.165, 1.54) is 0 Å². The highest BCUT2D eigenvalue weighted by atomic mass is 16.7. The third-order valence-corrected chi connectivity index (χ3v) is 1.58. The summed E-state index contributed by atoms with van der Waals surface area (Å²) in [5.74, 6) is 0. The molecule has 0 aliphatic carbocycles. The molecule has 0 aromatic rings. The first-order chi connectivity index (χ1) is 6.20. The highest BCUT2D eigenvalue weighted by molar-refractivity contribution is 4.51. The van der Waals surface area contributed by atoms with Crippen LogP contribution in [0.2, 0.25) is 0 Å². The molecule has 0 aliphatic rings. The zero-order valence-corrected chi connectivity index (χ0v) is 9.00. The Morgan fingerprint density at radius 2 is 1.77 bits per heavy atom. The average molecular weight is 191 g/mol. The first-order valence-corrected chi connectivity index (χ1v) is 4.57. The second-order valence-corrected chi connectivity index (χ2v) is 3.08. The van der Waals surface area contributed by atoms with Gasteiger partial charge in [0.1, 0.15) is 0 Å². The molecule has 0 unspecified atom stereocenters. The van der Waals surface area contributed by atoms with E-state index >= 15 is 0 Å². The van der Waals surface area contributed by atoms with E-state index in [-0.39, 0.29) is 6.29 Å². The first-order valence-electron chi connectivity index (χ1n) is 4.57. The third kappa shape index (κ3) is 8.18. The molecule has 0 fully saturated rings. The minimum absolute atomic E-state index is 0.251. The Bertz CT molecular complexity index is 105. The van der Waals surface area contributed by atoms with Gasteiger partial charge in [0.15, 0.2) is 6.29 Å². The Hall–Kier alpha value is -0.160. The molecule has 0 radical (unpaired) electrons. The van der Waals surface area contributed by atoms with Crippen LogP contribution in [0.1, 0.15) is 13.8 Å². The normalized spacial score (nSPS) is 11.5. The van der Waals surface area contributed by atoms with Gasteiger partial charge in [0.05, 0.1) is 13.2 Å². The van der Waals surface area contributed by atoms with Crippen molar-refractivity contribution in [3.8, 4) is 0 Å². The van der Waals surface area contributed by atoms with E-state index in [4.69, 9.17) is 14.2 Å². The summed E-state index contributed by atoms with van der Waals surface area (Å²) < 4.78 is 15.2. The Morgan fingerprint density at radius 3 is 2.23 bits per heavy atom. The van der Waals surface area contributed by atoms with Gasteiger partial charge in [-0.15, -0.1) is 0 Å². The molecular formula is C9H21NO3. The molecule has 0 bridgehead atoms. The minimum Gasteiger partial charge on any atom is -0.375 e. The zero-order valence-electron chi connectivity index (χ0n) is 9.00. The van der Waals surface area contributed by atoms with E-state index < -0.39 is 0 Å². The van der Waals surface area contributed by atoms with Crippen LogP contribution in [0.25, 0.3) is 0 Å². The lowest BCUT2D eigenvalue weighted by Crippen LogP contribution is -2.28. The maximum absolute atomic E-state index is 5.32. The van der Waals surface area contributed by atoms with Gasteiger partial charge in [0, 0.05) is 26.8 Å². The molecular weight excluding hydrogens is 170 g/mol. The Balaban J connectivity index is 3.14. The van der Waals surface area contributed by atoms with E-state index in [0.717, 1.165) is 6.54 Å². The minimum atomic E-state index is -0.251. The van der Waals surface area contributed by atoms with Crippen LogP contribution < -0.4 is 5.32 Å². The Kier molecular flexibility index (Phi) is 8.33. The fourth-order valence-corrected chi connectivity index (χ4v) is 0.832. The van der Waals surface area contributed by atoms with Crippen molar-refractivity contribution in [3.05, 3.63) is 0 Å². The van der Waals surface area contributed by atoms with Crippen LogP contribution in [-0.2, 0) is 14.2 Å². The molecule has 80 valence electrons. The molecule has 4 nitrogen and oxygen atoms in total. The van der Waals surface area contributed by atoms with Gasteiger partial charge in [0.25, 0.3) is 0 Å². The fourth-order valence-electron chi connectivity index (χ4n) is 0.832. The molecule has 0 saturated carbocycles. The summed E-state index contributed by atoms with van der Waals surface area (Å²) in [5, 5.41) is 3.25. The van der Waals surface area contributed by atoms with Crippen molar-refractivity contribution in [2.75, 3.05) is 34.0 Å². The summed E-state index contributed by atoms with van der Waals surface area (Å²) in [5.41, 5.74) is 0. The molecule has 1 N–H and O–H groups in total. The quantitative estimate of drug-likeness (QED) is 0.451. The van der Waals surface area contributed by atoms with Crippen LogP contribution in [0, 0.1) is 0 Å². The second-order valence-electron chi connectivity index (χ2n) is 3.08. The molecule has 4 heteroatoms. The van der Waals surface area contributed by atoms with Crippen LogP contribution in [0.5, 0.6) is 0 Å². The van der Waals surface area contributed by atoms with Crippen LogP contribution in [0.15, 0.2) is 0 Å². The summed E-state index contributed by atoms with van der Waals surface area (Å²) in [6, 6.07) is 0.504. The lowest BCUT2D eigenvalue weighted by molar-refractivity contribution is -0.139. The van der Waals surface area contributed by atoms with Crippen LogP contribution in [0.4, 0.5) is 0 Å². The molecule has 0 aliphatic heterocycles. The van der Waals surface area contributed by atoms with E-state index in [0.29, 0.717) is 19.3 Å². The van der Waals surface area contributed by atoms with Gasteiger partial charge >= 0.3 is 0 Å². The van der Waals surface area contributed by atoms with Crippen molar-refractivity contribution >= 4 is 0 Å². The average Bonchev–Trinajstić information content (AvgIpc) is 2.11. The van der Waals surface area contributed by atoms with Gasteiger partial charge in [-0.05, 0) is 0 Å². The summed E-state index contributed by atoms with van der Waals surface area (Å²) >= 11 is 0. The number of hydrogen-bond donors (Lipinski definition) is 1. The number of rotatable bonds is 8. The summed E-state index contributed by atoms with van der Waals surface area (Å²) in [4.78, 5) is 0. The molecule has 0 heterocycles. The van der Waals surface area contributed by atoms with E-state index in [2.05, 4.69) is 19.2 Å². The lowest BCUT2D eigenvalue weighted by atomic mass is 10.4. The van der Waals surface area contributed by atoms with Crippen molar-refractivity contribution in [3.63, 3.8) is 0 Å². The molecule has 0 saturated heterocycles. The largest absolute Gasteiger partial charge is 0.375 e. The Labute approximate surface area is 80.5 Å². The standard InChI is InChI=1S/C9H21NO3/c1-8(2)10-5-6-13-7-9(11-3)12-4/h8-10H,5-7H2,1-4H3. The second kappa shape index (κ2) is 8.44. The maximum atomic E-state index is 5.32. The van der Waals surface area contributed by atoms with Gasteiger partial charge in [-0.2, -0.15) is 0 Å². The number of nitrogens with one attached hydrogen (secondary N) is 1. The molecule has 0 atom stereocenters. The van der Waals surface area contributed by atoms with Gasteiger partial charge in [-0.3, -0.25) is 0 Å². The summed E-state index contributed by atoms with van der Waals surface area (Å²) in [6.45, 7) is 6.23. The van der Waals surface area contributed by atoms with Crippen molar-refractivity contribution in [1.82, 2.24) is 5.32 Å². The smallest absolute Gasteiger partial charge is 0.180 e. The first kappa shape index (κ1) is 12.8. The van der Waals surface area contributed by atoms with E-state index in [1.54, 1.807) is 14.2 Å². The predicted octanol–water partition coefficient (Wildman–Crippen LogP) is 0.620. The molecule has 0 spiro atoms. The summed E-state index contributed by atoms with van der Waals surface area (Å²) in [6.07, 6.45) is -0.251. The van der Waals surface area contributed by atoms with Gasteiger partial charge in [-0.1, -0.05) is 13.8 Å². The topological polar surface area (TPSA) is 39.7 Å². The number of methoxy groups -OCH3 is 2. The van der Waals surface area contributed by atoms with Crippen molar-refractivity contribution in [2.24, 2.45) is 0 Å². The highest BCUT2D eigenvalue weighted by Gasteiger charge is 2.03. The van der Waals surface area contributed by atoms with E-state index in [9.17, 15) is 0 Å². The fraction of sp³-hybridized carbons (Fsp3) is 1.00. The van der Waals surface area contributed by atoms with Crippen molar-refractivity contribution in [2.45, 2.75) is 26.2 Å². The van der Waals surface area contributed by atoms with Crippen LogP contribution in [-0.4, -0.2) is 46.3 Å². The third-order valence-electron chi connectivity index (χ3n) is 1.58.